The molecule has 198 valence electrons. The first-order chi connectivity index (χ1) is 18.3. The van der Waals surface area contributed by atoms with Crippen molar-refractivity contribution in [1.82, 2.24) is 4.90 Å². The number of anilines is 1. The van der Waals surface area contributed by atoms with E-state index in [1.165, 1.54) is 36.0 Å². The predicted octanol–water partition coefficient (Wildman–Crippen LogP) is 4.96. The molecule has 38 heavy (non-hydrogen) atoms. The standard InChI is InChI=1S/C28H29N3O6S/c1-4-36-22-15-11-19(12-16-22)26-25(37-28(33)20-9-13-21(14-10-20)31(34)35)27(32)30(18-17-29(2)3)23-7-5-6-8-24(23)38-26/h5-16,25-26H,4,17-18H2,1-3H3/t25-,26+/m1/s1. The van der Waals surface area contributed by atoms with Gasteiger partial charge >= 0.3 is 5.97 Å². The molecule has 1 aliphatic heterocycles. The maximum atomic E-state index is 14.1. The molecule has 0 spiro atoms. The number of para-hydroxylation sites is 1. The summed E-state index contributed by atoms with van der Waals surface area (Å²) in [4.78, 5) is 42.3. The van der Waals surface area contributed by atoms with Crippen molar-refractivity contribution < 1.29 is 24.0 Å². The van der Waals surface area contributed by atoms with E-state index in [-0.39, 0.29) is 17.2 Å². The molecular formula is C28H29N3O6S. The molecule has 2 atom stereocenters. The van der Waals surface area contributed by atoms with E-state index in [0.29, 0.717) is 25.4 Å². The third-order valence-electron chi connectivity index (χ3n) is 6.03. The number of benzene rings is 3. The van der Waals surface area contributed by atoms with Gasteiger partial charge in [-0.1, -0.05) is 24.3 Å². The minimum Gasteiger partial charge on any atom is -0.494 e. The van der Waals surface area contributed by atoms with Crippen LogP contribution in [-0.4, -0.2) is 61.6 Å². The second-order valence-corrected chi connectivity index (χ2v) is 10.1. The Kier molecular flexibility index (Phi) is 8.65. The third-order valence-corrected chi connectivity index (χ3v) is 7.41. The normalized spacial score (nSPS) is 17.1. The summed E-state index contributed by atoms with van der Waals surface area (Å²) in [5.74, 6) is -0.361. The van der Waals surface area contributed by atoms with Crippen LogP contribution in [0.4, 0.5) is 11.4 Å². The molecule has 0 fully saturated rings. The second kappa shape index (κ2) is 12.1. The number of hydrogen-bond donors (Lipinski definition) is 0. The van der Waals surface area contributed by atoms with Crippen LogP contribution in [0, 0.1) is 10.1 Å². The Balaban J connectivity index is 1.73. The van der Waals surface area contributed by atoms with Crippen molar-refractivity contribution in [3.8, 4) is 5.75 Å². The van der Waals surface area contributed by atoms with Crippen molar-refractivity contribution in [2.75, 3.05) is 38.7 Å². The number of nitro groups is 1. The minimum atomic E-state index is -1.14. The molecule has 0 saturated heterocycles. The van der Waals surface area contributed by atoms with Crippen LogP contribution >= 0.6 is 11.8 Å². The van der Waals surface area contributed by atoms with Gasteiger partial charge in [0, 0.05) is 30.1 Å². The van der Waals surface area contributed by atoms with Crippen LogP contribution in [0.2, 0.25) is 0 Å². The number of thioether (sulfide) groups is 1. The molecule has 10 heteroatoms. The van der Waals surface area contributed by atoms with Gasteiger partial charge in [0.2, 0.25) is 0 Å². The summed E-state index contributed by atoms with van der Waals surface area (Å²) in [5, 5.41) is 10.5. The molecule has 3 aromatic carbocycles. The lowest BCUT2D eigenvalue weighted by molar-refractivity contribution is -0.384. The molecule has 0 N–H and O–H groups in total. The quantitative estimate of drug-likeness (QED) is 0.215. The van der Waals surface area contributed by atoms with E-state index in [2.05, 4.69) is 0 Å². The average molecular weight is 536 g/mol. The fourth-order valence-corrected chi connectivity index (χ4v) is 5.41. The smallest absolute Gasteiger partial charge is 0.338 e. The van der Waals surface area contributed by atoms with Crippen LogP contribution in [0.15, 0.2) is 77.7 Å². The number of nitrogens with zero attached hydrogens (tertiary/aromatic N) is 3. The van der Waals surface area contributed by atoms with Gasteiger partial charge in [-0.2, -0.15) is 0 Å². The molecule has 1 heterocycles. The van der Waals surface area contributed by atoms with Crippen molar-refractivity contribution in [2.24, 2.45) is 0 Å². The monoisotopic (exact) mass is 535 g/mol. The summed E-state index contributed by atoms with van der Waals surface area (Å²) in [6.07, 6.45) is -1.14. The fraction of sp³-hybridized carbons (Fsp3) is 0.286. The molecule has 0 unspecified atom stereocenters. The highest BCUT2D eigenvalue weighted by Crippen LogP contribution is 2.47. The van der Waals surface area contributed by atoms with Crippen LogP contribution in [-0.2, 0) is 9.53 Å². The van der Waals surface area contributed by atoms with Crippen molar-refractivity contribution in [3.05, 3.63) is 94.0 Å². The lowest BCUT2D eigenvalue weighted by Crippen LogP contribution is -2.45. The maximum absolute atomic E-state index is 14.1. The Bertz CT molecular complexity index is 1300. The van der Waals surface area contributed by atoms with Crippen molar-refractivity contribution in [1.29, 1.82) is 0 Å². The number of rotatable bonds is 9. The third kappa shape index (κ3) is 6.15. The summed E-state index contributed by atoms with van der Waals surface area (Å²) in [7, 11) is 3.86. The van der Waals surface area contributed by atoms with Crippen LogP contribution in [0.5, 0.6) is 5.75 Å². The van der Waals surface area contributed by atoms with Crippen molar-refractivity contribution >= 4 is 35.0 Å². The summed E-state index contributed by atoms with van der Waals surface area (Å²) in [6, 6.07) is 20.2. The van der Waals surface area contributed by atoms with E-state index >= 15 is 0 Å². The Morgan fingerprint density at radius 3 is 2.37 bits per heavy atom. The molecular weight excluding hydrogens is 506 g/mol. The van der Waals surface area contributed by atoms with Crippen molar-refractivity contribution in [2.45, 2.75) is 23.2 Å². The highest BCUT2D eigenvalue weighted by molar-refractivity contribution is 7.99. The van der Waals surface area contributed by atoms with Gasteiger partial charge in [-0.25, -0.2) is 4.79 Å². The van der Waals surface area contributed by atoms with Gasteiger partial charge in [-0.15, -0.1) is 11.8 Å². The van der Waals surface area contributed by atoms with Gasteiger partial charge < -0.3 is 19.3 Å². The van der Waals surface area contributed by atoms with E-state index in [9.17, 15) is 19.7 Å². The van der Waals surface area contributed by atoms with Crippen LogP contribution < -0.4 is 9.64 Å². The second-order valence-electron chi connectivity index (χ2n) is 8.93. The highest BCUT2D eigenvalue weighted by Gasteiger charge is 2.41. The number of carbonyl (C=O) groups is 2. The van der Waals surface area contributed by atoms with Gasteiger partial charge in [0.25, 0.3) is 11.6 Å². The Morgan fingerprint density at radius 1 is 1.05 bits per heavy atom. The Labute approximate surface area is 225 Å². The minimum absolute atomic E-state index is 0.125. The molecule has 0 aliphatic carbocycles. The number of amides is 1. The number of fused-ring (bicyclic) bond motifs is 1. The summed E-state index contributed by atoms with van der Waals surface area (Å²) < 4.78 is 11.5. The molecule has 4 rings (SSSR count). The largest absolute Gasteiger partial charge is 0.494 e. The van der Waals surface area contributed by atoms with Crippen LogP contribution in [0.1, 0.15) is 28.1 Å². The number of likely N-dealkylation sites (N-methyl/N-ethyl adjacent to an activating group) is 1. The van der Waals surface area contributed by atoms with Gasteiger partial charge in [0.1, 0.15) is 5.75 Å². The zero-order chi connectivity index (χ0) is 27.2. The zero-order valence-corrected chi connectivity index (χ0v) is 22.2. The van der Waals surface area contributed by atoms with Gasteiger partial charge in [-0.3, -0.25) is 14.9 Å². The Hall–Kier alpha value is -3.89. The number of nitro benzene ring substituents is 1. The SMILES string of the molecule is CCOc1ccc([C@@H]2Sc3ccccc3N(CCN(C)C)C(=O)[C@@H]2OC(=O)c2ccc([N+](=O)[O-])cc2)cc1. The first-order valence-electron chi connectivity index (χ1n) is 12.2. The van der Waals surface area contributed by atoms with E-state index < -0.39 is 22.2 Å². The topological polar surface area (TPSA) is 102 Å². The number of hydrogen-bond acceptors (Lipinski definition) is 8. The molecule has 1 amide bonds. The van der Waals surface area contributed by atoms with Gasteiger partial charge in [0.05, 0.1) is 28.0 Å². The van der Waals surface area contributed by atoms with E-state index in [4.69, 9.17) is 9.47 Å². The Morgan fingerprint density at radius 2 is 1.74 bits per heavy atom. The maximum Gasteiger partial charge on any atom is 0.338 e. The first-order valence-corrected chi connectivity index (χ1v) is 13.1. The van der Waals surface area contributed by atoms with Gasteiger partial charge in [-0.05, 0) is 63.0 Å². The average Bonchev–Trinajstić information content (AvgIpc) is 3.02. The van der Waals surface area contributed by atoms with E-state index in [1.54, 1.807) is 4.90 Å². The summed E-state index contributed by atoms with van der Waals surface area (Å²) in [5.41, 5.74) is 1.55. The van der Waals surface area contributed by atoms with E-state index in [0.717, 1.165) is 16.1 Å². The number of esters is 1. The molecule has 3 aromatic rings. The molecule has 0 bridgehead atoms. The lowest BCUT2D eigenvalue weighted by atomic mass is 10.0. The summed E-state index contributed by atoms with van der Waals surface area (Å²) >= 11 is 1.46. The molecule has 9 nitrogen and oxygen atoms in total. The molecule has 0 radical (unpaired) electrons. The van der Waals surface area contributed by atoms with E-state index in [1.807, 2.05) is 74.4 Å². The summed E-state index contributed by atoms with van der Waals surface area (Å²) in [6.45, 7) is 3.45. The van der Waals surface area contributed by atoms with Crippen LogP contribution in [0.25, 0.3) is 0 Å². The predicted molar refractivity (Wildman–Crippen MR) is 146 cm³/mol. The molecule has 0 aromatic heterocycles. The van der Waals surface area contributed by atoms with Crippen LogP contribution in [0.3, 0.4) is 0 Å². The zero-order valence-electron chi connectivity index (χ0n) is 21.4. The number of non-ortho nitro benzene ring substituents is 1. The molecule has 0 saturated carbocycles. The van der Waals surface area contributed by atoms with Crippen molar-refractivity contribution in [3.63, 3.8) is 0 Å². The van der Waals surface area contributed by atoms with Gasteiger partial charge in [0.15, 0.2) is 6.10 Å². The highest BCUT2D eigenvalue weighted by atomic mass is 32.2. The molecule has 1 aliphatic rings. The first kappa shape index (κ1) is 27.2. The lowest BCUT2D eigenvalue weighted by Gasteiger charge is -2.28. The number of carbonyl (C=O) groups excluding carboxylic acids is 2. The number of ether oxygens (including phenoxy) is 2. The fourth-order valence-electron chi connectivity index (χ4n) is 4.09.